The number of nitrogen functional groups attached to an aromatic ring is 1. The van der Waals surface area contributed by atoms with Crippen LogP contribution in [-0.2, 0) is 10.0 Å². The molecule has 1 atom stereocenters. The van der Waals surface area contributed by atoms with Crippen LogP contribution in [0.3, 0.4) is 0 Å². The van der Waals surface area contributed by atoms with E-state index in [1.807, 2.05) is 20.8 Å². The highest BCUT2D eigenvalue weighted by molar-refractivity contribution is 7.91. The Labute approximate surface area is 129 Å². The van der Waals surface area contributed by atoms with E-state index in [1.54, 1.807) is 0 Å². The third kappa shape index (κ3) is 3.92. The van der Waals surface area contributed by atoms with Gasteiger partial charge in [-0.05, 0) is 19.8 Å². The van der Waals surface area contributed by atoms with Gasteiger partial charge in [0.1, 0.15) is 4.21 Å². The van der Waals surface area contributed by atoms with Crippen LogP contribution in [0.2, 0.25) is 0 Å². The summed E-state index contributed by atoms with van der Waals surface area (Å²) >= 11 is 0.746. The second-order valence-electron chi connectivity index (χ2n) is 4.80. The lowest BCUT2D eigenvalue weighted by atomic mass is 10.2. The monoisotopic (exact) mass is 335 g/mol. The van der Waals surface area contributed by atoms with Crippen molar-refractivity contribution in [2.24, 2.45) is 0 Å². The average Bonchev–Trinajstić information content (AvgIpc) is 2.81. The van der Waals surface area contributed by atoms with E-state index in [-0.39, 0.29) is 20.9 Å². The Morgan fingerprint density at radius 3 is 2.52 bits per heavy atom. The summed E-state index contributed by atoms with van der Waals surface area (Å²) in [6, 6.07) is 0.889. The van der Waals surface area contributed by atoms with E-state index in [4.69, 9.17) is 5.73 Å². The molecule has 1 heterocycles. The fraction of sp³-hybridized carbons (Fsp3) is 0.667. The molecule has 0 radical (unpaired) electrons. The molecule has 9 heteroatoms. The van der Waals surface area contributed by atoms with Crippen molar-refractivity contribution in [1.29, 1.82) is 0 Å². The number of nitro groups is 1. The first-order valence-electron chi connectivity index (χ1n) is 6.81. The Morgan fingerprint density at radius 2 is 2.10 bits per heavy atom. The van der Waals surface area contributed by atoms with Crippen molar-refractivity contribution in [3.8, 4) is 0 Å². The van der Waals surface area contributed by atoms with E-state index < -0.39 is 14.9 Å². The summed E-state index contributed by atoms with van der Waals surface area (Å²) in [5, 5.41) is 10.7. The van der Waals surface area contributed by atoms with Crippen LogP contribution in [-0.4, -0.2) is 30.2 Å². The highest BCUT2D eigenvalue weighted by atomic mass is 32.2. The Bertz CT molecular complexity index is 598. The fourth-order valence-corrected chi connectivity index (χ4v) is 4.94. The van der Waals surface area contributed by atoms with Crippen molar-refractivity contribution in [2.75, 3.05) is 12.3 Å². The van der Waals surface area contributed by atoms with E-state index >= 15 is 0 Å². The molecule has 0 aliphatic heterocycles. The minimum Gasteiger partial charge on any atom is -0.385 e. The number of nitrogens with zero attached hydrogens (tertiary/aromatic N) is 2. The second kappa shape index (κ2) is 7.19. The molecule has 1 aromatic heterocycles. The number of thiophene rings is 1. The number of hydrogen-bond acceptors (Lipinski definition) is 6. The number of anilines is 1. The molecule has 1 aromatic rings. The zero-order valence-corrected chi connectivity index (χ0v) is 14.0. The van der Waals surface area contributed by atoms with Crippen LogP contribution < -0.4 is 5.73 Å². The van der Waals surface area contributed by atoms with Crippen LogP contribution in [0.1, 0.15) is 40.0 Å². The fourth-order valence-electron chi connectivity index (χ4n) is 1.85. The topological polar surface area (TPSA) is 107 Å². The number of rotatable bonds is 8. The minimum absolute atomic E-state index is 0.0666. The Hall–Kier alpha value is -1.19. The van der Waals surface area contributed by atoms with E-state index in [0.717, 1.165) is 30.2 Å². The van der Waals surface area contributed by atoms with Crippen molar-refractivity contribution >= 4 is 32.0 Å². The van der Waals surface area contributed by atoms with Gasteiger partial charge in [0.25, 0.3) is 10.0 Å². The molecular formula is C12H21N3O4S2. The van der Waals surface area contributed by atoms with E-state index in [9.17, 15) is 18.5 Å². The summed E-state index contributed by atoms with van der Waals surface area (Å²) in [6.07, 6.45) is 2.29. The van der Waals surface area contributed by atoms with Gasteiger partial charge in [0.2, 0.25) is 0 Å². The number of nitrogens with two attached hydrogens (primary N) is 1. The zero-order chi connectivity index (χ0) is 16.2. The summed E-state index contributed by atoms with van der Waals surface area (Å²) in [4.78, 5) is 10.2. The van der Waals surface area contributed by atoms with Gasteiger partial charge in [-0.3, -0.25) is 10.1 Å². The van der Waals surface area contributed by atoms with Crippen LogP contribution in [0.4, 0.5) is 10.7 Å². The van der Waals surface area contributed by atoms with Crippen LogP contribution in [0, 0.1) is 10.1 Å². The zero-order valence-electron chi connectivity index (χ0n) is 12.4. The lowest BCUT2D eigenvalue weighted by Gasteiger charge is -2.26. The Kier molecular flexibility index (Phi) is 6.11. The molecule has 1 rings (SSSR count). The quantitative estimate of drug-likeness (QED) is 0.580. The molecule has 0 aliphatic carbocycles. The molecule has 120 valence electrons. The van der Waals surface area contributed by atoms with Crippen molar-refractivity contribution < 1.29 is 13.3 Å². The summed E-state index contributed by atoms with van der Waals surface area (Å²) in [5.74, 6) is 0. The predicted octanol–water partition coefficient (Wildman–Crippen LogP) is 2.83. The molecule has 0 aromatic carbocycles. The molecule has 0 saturated carbocycles. The molecule has 0 spiro atoms. The number of hydrogen-bond donors (Lipinski definition) is 1. The highest BCUT2D eigenvalue weighted by Gasteiger charge is 2.32. The molecule has 21 heavy (non-hydrogen) atoms. The predicted molar refractivity (Wildman–Crippen MR) is 83.9 cm³/mol. The molecular weight excluding hydrogens is 314 g/mol. The summed E-state index contributed by atoms with van der Waals surface area (Å²) in [5.41, 5.74) is 5.19. The maximum Gasteiger partial charge on any atom is 0.304 e. The van der Waals surface area contributed by atoms with Gasteiger partial charge in [0.15, 0.2) is 5.00 Å². The van der Waals surface area contributed by atoms with Gasteiger partial charge < -0.3 is 5.73 Å². The summed E-state index contributed by atoms with van der Waals surface area (Å²) in [7, 11) is -3.75. The van der Waals surface area contributed by atoms with Crippen LogP contribution in [0.15, 0.2) is 10.3 Å². The van der Waals surface area contributed by atoms with Crippen LogP contribution >= 0.6 is 11.3 Å². The summed E-state index contributed by atoms with van der Waals surface area (Å²) in [6.45, 7) is 6.12. The van der Waals surface area contributed by atoms with Gasteiger partial charge >= 0.3 is 5.69 Å². The van der Waals surface area contributed by atoms with Crippen molar-refractivity contribution in [2.45, 2.75) is 50.3 Å². The second-order valence-corrected chi connectivity index (χ2v) is 8.00. The lowest BCUT2D eigenvalue weighted by Crippen LogP contribution is -2.38. The van der Waals surface area contributed by atoms with Crippen molar-refractivity contribution in [3.63, 3.8) is 0 Å². The van der Waals surface area contributed by atoms with E-state index in [0.29, 0.717) is 13.0 Å². The maximum atomic E-state index is 12.7. The molecule has 1 unspecified atom stereocenters. The molecule has 7 nitrogen and oxygen atoms in total. The molecule has 0 bridgehead atoms. The highest BCUT2D eigenvalue weighted by Crippen LogP contribution is 2.36. The largest absolute Gasteiger partial charge is 0.385 e. The first-order valence-corrected chi connectivity index (χ1v) is 9.06. The van der Waals surface area contributed by atoms with Crippen LogP contribution in [0.5, 0.6) is 0 Å². The molecule has 0 amide bonds. The van der Waals surface area contributed by atoms with Crippen molar-refractivity contribution in [3.05, 3.63) is 16.2 Å². The van der Waals surface area contributed by atoms with Gasteiger partial charge in [-0.15, -0.1) is 0 Å². The van der Waals surface area contributed by atoms with Gasteiger partial charge in [-0.1, -0.05) is 31.6 Å². The Balaban J connectivity index is 3.22. The molecule has 0 fully saturated rings. The average molecular weight is 335 g/mol. The Morgan fingerprint density at radius 1 is 1.48 bits per heavy atom. The SMILES string of the molecule is CCCCN(C(C)CC)S(=O)(=O)c1cc([N+](=O)[O-])c(N)s1. The smallest absolute Gasteiger partial charge is 0.304 e. The number of sulfonamides is 1. The van der Waals surface area contributed by atoms with Gasteiger partial charge in [-0.2, -0.15) is 4.31 Å². The first-order chi connectivity index (χ1) is 9.75. The van der Waals surface area contributed by atoms with Gasteiger partial charge in [0, 0.05) is 18.7 Å². The molecule has 0 aliphatic rings. The summed E-state index contributed by atoms with van der Waals surface area (Å²) < 4.78 is 26.7. The maximum absolute atomic E-state index is 12.7. The number of unbranched alkanes of at least 4 members (excludes halogenated alkanes) is 1. The standard InChI is InChI=1S/C12H21N3O4S2/c1-4-6-7-14(9(3)5-2)21(18,19)11-8-10(15(16)17)12(13)20-11/h8-9H,4-7,13H2,1-3H3. The van der Waals surface area contributed by atoms with Gasteiger partial charge in [-0.25, -0.2) is 8.42 Å². The van der Waals surface area contributed by atoms with E-state index in [1.165, 1.54) is 4.31 Å². The normalized spacial score (nSPS) is 13.5. The first kappa shape index (κ1) is 17.9. The minimum atomic E-state index is -3.75. The molecule has 2 N–H and O–H groups in total. The van der Waals surface area contributed by atoms with Crippen LogP contribution in [0.25, 0.3) is 0 Å². The lowest BCUT2D eigenvalue weighted by molar-refractivity contribution is -0.383. The third-order valence-electron chi connectivity index (χ3n) is 3.29. The third-order valence-corrected chi connectivity index (χ3v) is 6.71. The van der Waals surface area contributed by atoms with Crippen molar-refractivity contribution in [1.82, 2.24) is 4.31 Å². The van der Waals surface area contributed by atoms with E-state index in [2.05, 4.69) is 0 Å². The molecule has 0 saturated heterocycles. The van der Waals surface area contributed by atoms with Gasteiger partial charge in [0.05, 0.1) is 4.92 Å².